The third-order valence-corrected chi connectivity index (χ3v) is 5.37. The fourth-order valence-electron chi connectivity index (χ4n) is 3.76. The van der Waals surface area contributed by atoms with Crippen molar-refractivity contribution in [2.24, 2.45) is 5.92 Å². The molecule has 1 amide bonds. The van der Waals surface area contributed by atoms with Crippen molar-refractivity contribution in [3.8, 4) is 0 Å². The molecule has 6 nitrogen and oxygen atoms in total. The molecule has 27 heavy (non-hydrogen) atoms. The van der Waals surface area contributed by atoms with Crippen LogP contribution in [0, 0.1) is 19.8 Å². The Bertz CT molecular complexity index is 924. The Morgan fingerprint density at radius 1 is 1.26 bits per heavy atom. The van der Waals surface area contributed by atoms with Gasteiger partial charge in [0.05, 0.1) is 0 Å². The zero-order valence-corrected chi connectivity index (χ0v) is 16.0. The molecule has 0 aliphatic heterocycles. The van der Waals surface area contributed by atoms with E-state index in [9.17, 15) is 14.4 Å². The van der Waals surface area contributed by atoms with Gasteiger partial charge in [-0.1, -0.05) is 25.0 Å². The van der Waals surface area contributed by atoms with Crippen LogP contribution in [0.1, 0.15) is 49.3 Å². The summed E-state index contributed by atoms with van der Waals surface area (Å²) in [6.07, 6.45) is 3.90. The first-order valence-corrected chi connectivity index (χ1v) is 9.33. The first-order chi connectivity index (χ1) is 12.9. The average Bonchev–Trinajstić information content (AvgIpc) is 3.15. The second kappa shape index (κ2) is 7.94. The van der Waals surface area contributed by atoms with Crippen molar-refractivity contribution in [1.82, 2.24) is 5.32 Å². The van der Waals surface area contributed by atoms with Crippen LogP contribution in [-0.2, 0) is 20.9 Å². The number of hydrogen-bond acceptors (Lipinski definition) is 5. The lowest BCUT2D eigenvalue weighted by atomic mass is 9.98. The van der Waals surface area contributed by atoms with Gasteiger partial charge in [-0.05, 0) is 43.7 Å². The van der Waals surface area contributed by atoms with Crippen LogP contribution in [0.4, 0.5) is 0 Å². The largest absolute Gasteiger partial charge is 0.459 e. The summed E-state index contributed by atoms with van der Waals surface area (Å²) in [5.41, 5.74) is 2.55. The van der Waals surface area contributed by atoms with Crippen LogP contribution >= 0.6 is 0 Å². The number of ether oxygens (including phenoxy) is 1. The van der Waals surface area contributed by atoms with Crippen molar-refractivity contribution in [1.29, 1.82) is 0 Å². The number of amides is 1. The summed E-state index contributed by atoms with van der Waals surface area (Å²) in [5.74, 6) is -0.605. The van der Waals surface area contributed by atoms with Gasteiger partial charge in [-0.2, -0.15) is 0 Å². The Morgan fingerprint density at radius 3 is 2.63 bits per heavy atom. The van der Waals surface area contributed by atoms with Crippen molar-refractivity contribution in [3.63, 3.8) is 0 Å². The van der Waals surface area contributed by atoms with Gasteiger partial charge in [-0.25, -0.2) is 9.59 Å². The number of benzene rings is 1. The molecule has 2 aromatic rings. The molecule has 0 unspecified atom stereocenters. The molecule has 0 spiro atoms. The molecule has 1 saturated carbocycles. The number of hydrogen-bond donors (Lipinski definition) is 1. The van der Waals surface area contributed by atoms with E-state index >= 15 is 0 Å². The maximum atomic E-state index is 12.6. The van der Waals surface area contributed by atoms with E-state index in [-0.39, 0.29) is 18.4 Å². The van der Waals surface area contributed by atoms with Crippen molar-refractivity contribution in [2.45, 2.75) is 59.1 Å². The van der Waals surface area contributed by atoms with E-state index < -0.39 is 17.6 Å². The van der Waals surface area contributed by atoms with Crippen LogP contribution in [0.5, 0.6) is 0 Å². The summed E-state index contributed by atoms with van der Waals surface area (Å²) < 4.78 is 10.9. The smallest absolute Gasteiger partial charge is 0.336 e. The highest BCUT2D eigenvalue weighted by Crippen LogP contribution is 2.29. The number of aryl methyl sites for hydroxylation is 2. The molecule has 3 rings (SSSR count). The molecule has 0 saturated heterocycles. The van der Waals surface area contributed by atoms with E-state index in [0.29, 0.717) is 11.1 Å². The standard InChI is InChI=1S/C21H25NO5/c1-12-8-9-17-16(10-18(24)27-20(17)13(12)2)11-26-21(25)19(22-14(3)23)15-6-4-5-7-15/h8-10,15,19H,4-7,11H2,1-3H3,(H,22,23)/t19-/m1/s1. The van der Waals surface area contributed by atoms with Crippen molar-refractivity contribution < 1.29 is 18.7 Å². The Kier molecular flexibility index (Phi) is 5.63. The quantitative estimate of drug-likeness (QED) is 0.645. The van der Waals surface area contributed by atoms with Gasteiger partial charge in [0.1, 0.15) is 18.2 Å². The number of nitrogens with one attached hydrogen (secondary N) is 1. The fraction of sp³-hybridized carbons (Fsp3) is 0.476. The molecule has 1 aliphatic carbocycles. The minimum absolute atomic E-state index is 0.0355. The van der Waals surface area contributed by atoms with Gasteiger partial charge in [0.15, 0.2) is 0 Å². The second-order valence-electron chi connectivity index (χ2n) is 7.31. The third kappa shape index (κ3) is 4.21. The van der Waals surface area contributed by atoms with Gasteiger partial charge in [0, 0.05) is 23.9 Å². The lowest BCUT2D eigenvalue weighted by Gasteiger charge is -2.22. The first-order valence-electron chi connectivity index (χ1n) is 9.33. The lowest BCUT2D eigenvalue weighted by molar-refractivity contribution is -0.150. The predicted molar refractivity (Wildman–Crippen MR) is 101 cm³/mol. The van der Waals surface area contributed by atoms with Crippen molar-refractivity contribution in [3.05, 3.63) is 45.3 Å². The monoisotopic (exact) mass is 371 g/mol. The summed E-state index contributed by atoms with van der Waals surface area (Å²) in [5, 5.41) is 3.48. The number of esters is 1. The summed E-state index contributed by atoms with van der Waals surface area (Å²) in [7, 11) is 0. The summed E-state index contributed by atoms with van der Waals surface area (Å²) >= 11 is 0. The molecule has 0 radical (unpaired) electrons. The zero-order valence-electron chi connectivity index (χ0n) is 16.0. The van der Waals surface area contributed by atoms with Gasteiger partial charge in [0.25, 0.3) is 0 Å². The molecule has 1 aliphatic rings. The number of rotatable bonds is 5. The summed E-state index contributed by atoms with van der Waals surface area (Å²) in [6, 6.07) is 4.53. The topological polar surface area (TPSA) is 85.6 Å². The minimum Gasteiger partial charge on any atom is -0.459 e. The molecule has 6 heteroatoms. The molecule has 1 aromatic heterocycles. The number of fused-ring (bicyclic) bond motifs is 1. The molecule has 1 atom stereocenters. The van der Waals surface area contributed by atoms with Gasteiger partial charge in [0.2, 0.25) is 5.91 Å². The second-order valence-corrected chi connectivity index (χ2v) is 7.31. The minimum atomic E-state index is -0.639. The SMILES string of the molecule is CC(=O)N[C@@H](C(=O)OCc1cc(=O)oc2c(C)c(C)ccc12)C1CCCC1. The molecule has 1 heterocycles. The van der Waals surface area contributed by atoms with Gasteiger partial charge >= 0.3 is 11.6 Å². The summed E-state index contributed by atoms with van der Waals surface area (Å²) in [4.78, 5) is 36.1. The maximum absolute atomic E-state index is 12.6. The van der Waals surface area contributed by atoms with Crippen LogP contribution in [0.15, 0.2) is 27.4 Å². The van der Waals surface area contributed by atoms with Crippen LogP contribution in [0.3, 0.4) is 0 Å². The van der Waals surface area contributed by atoms with E-state index in [0.717, 1.165) is 42.2 Å². The highest BCUT2D eigenvalue weighted by Gasteiger charge is 2.32. The Hall–Kier alpha value is -2.63. The Morgan fingerprint density at radius 2 is 1.96 bits per heavy atom. The van der Waals surface area contributed by atoms with E-state index in [1.807, 2.05) is 26.0 Å². The number of carbonyl (C=O) groups is 2. The summed E-state index contributed by atoms with van der Waals surface area (Å²) in [6.45, 7) is 5.20. The lowest BCUT2D eigenvalue weighted by Crippen LogP contribution is -2.45. The average molecular weight is 371 g/mol. The highest BCUT2D eigenvalue weighted by molar-refractivity contribution is 5.85. The fourth-order valence-corrected chi connectivity index (χ4v) is 3.76. The van der Waals surface area contributed by atoms with Crippen LogP contribution in [0.25, 0.3) is 11.0 Å². The third-order valence-electron chi connectivity index (χ3n) is 5.37. The molecule has 1 fully saturated rings. The van der Waals surface area contributed by atoms with Gasteiger partial charge < -0.3 is 14.5 Å². The van der Waals surface area contributed by atoms with Crippen LogP contribution in [0.2, 0.25) is 0 Å². The van der Waals surface area contributed by atoms with Crippen LogP contribution < -0.4 is 10.9 Å². The Labute approximate surface area is 157 Å². The zero-order chi connectivity index (χ0) is 19.6. The molecule has 0 bridgehead atoms. The first kappa shape index (κ1) is 19.1. The van der Waals surface area contributed by atoms with E-state index in [2.05, 4.69) is 5.32 Å². The predicted octanol–water partition coefficient (Wildman–Crippen LogP) is 3.15. The van der Waals surface area contributed by atoms with Crippen molar-refractivity contribution in [2.75, 3.05) is 0 Å². The van der Waals surface area contributed by atoms with Gasteiger partial charge in [-0.3, -0.25) is 4.79 Å². The normalized spacial score (nSPS) is 15.7. The molecular weight excluding hydrogens is 346 g/mol. The highest BCUT2D eigenvalue weighted by atomic mass is 16.5. The molecule has 1 aromatic carbocycles. The molecular formula is C21H25NO5. The van der Waals surface area contributed by atoms with E-state index in [1.54, 1.807) is 0 Å². The maximum Gasteiger partial charge on any atom is 0.336 e. The van der Waals surface area contributed by atoms with Gasteiger partial charge in [-0.15, -0.1) is 0 Å². The Balaban J connectivity index is 1.82. The van der Waals surface area contributed by atoms with Crippen molar-refractivity contribution >= 4 is 22.8 Å². The molecule has 1 N–H and O–H groups in total. The number of carbonyl (C=O) groups excluding carboxylic acids is 2. The van der Waals surface area contributed by atoms with E-state index in [1.165, 1.54) is 13.0 Å². The molecule has 144 valence electrons. The van der Waals surface area contributed by atoms with Crippen LogP contribution in [-0.4, -0.2) is 17.9 Å². The van der Waals surface area contributed by atoms with E-state index in [4.69, 9.17) is 9.15 Å².